The number of benzene rings is 2. The van der Waals surface area contributed by atoms with Gasteiger partial charge in [-0.05, 0) is 41.8 Å². The van der Waals surface area contributed by atoms with E-state index in [4.69, 9.17) is 11.6 Å². The van der Waals surface area contributed by atoms with E-state index in [0.29, 0.717) is 6.42 Å². The van der Waals surface area contributed by atoms with E-state index < -0.39 is 0 Å². The number of hydrogen-bond donors (Lipinski definition) is 0. The predicted molar refractivity (Wildman–Crippen MR) is 68.0 cm³/mol. The van der Waals surface area contributed by atoms with Gasteiger partial charge in [0.05, 0.1) is 0 Å². The Morgan fingerprint density at radius 2 is 1.81 bits per heavy atom. The van der Waals surface area contributed by atoms with Crippen LogP contribution in [0.4, 0.5) is 0 Å². The lowest BCUT2D eigenvalue weighted by Gasteiger charge is -2.03. The molecule has 16 heavy (non-hydrogen) atoms. The van der Waals surface area contributed by atoms with E-state index in [0.717, 1.165) is 16.8 Å². The predicted octanol–water partition coefficient (Wildman–Crippen LogP) is 4.01. The van der Waals surface area contributed by atoms with Crippen LogP contribution in [-0.4, -0.2) is 5.78 Å². The van der Waals surface area contributed by atoms with E-state index in [-0.39, 0.29) is 5.78 Å². The molecule has 1 nitrogen and oxygen atoms in total. The quantitative estimate of drug-likeness (QED) is 0.781. The zero-order valence-corrected chi connectivity index (χ0v) is 9.92. The average molecular weight is 233 g/mol. The molecule has 0 radical (unpaired) electrons. The van der Waals surface area contributed by atoms with Gasteiger partial charge in [-0.2, -0.15) is 0 Å². The van der Waals surface area contributed by atoms with Crippen LogP contribution in [0.2, 0.25) is 5.02 Å². The van der Waals surface area contributed by atoms with Crippen molar-refractivity contribution < 1.29 is 4.79 Å². The third-order valence-corrected chi connectivity index (χ3v) is 2.87. The van der Waals surface area contributed by atoms with E-state index in [1.54, 1.807) is 6.92 Å². The normalized spacial score (nSPS) is 10.6. The molecule has 2 heteroatoms. The summed E-state index contributed by atoms with van der Waals surface area (Å²) in [6, 6.07) is 12.1. The molecule has 2 aromatic rings. The molecule has 0 N–H and O–H groups in total. The smallest absolute Gasteiger partial charge is 0.130 e. The van der Waals surface area contributed by atoms with Crippen molar-refractivity contribution in [1.82, 2.24) is 0 Å². The molecule has 0 spiro atoms. The van der Waals surface area contributed by atoms with Gasteiger partial charge in [0, 0.05) is 11.4 Å². The molecular formula is C14H13ClO. The largest absolute Gasteiger partial charge is 0.300 e. The molecule has 0 amide bonds. The van der Waals surface area contributed by atoms with E-state index >= 15 is 0 Å². The SMILES string of the molecule is CC(=O)CCc1ccc2cc(Cl)ccc2c1. The Morgan fingerprint density at radius 3 is 2.56 bits per heavy atom. The maximum Gasteiger partial charge on any atom is 0.130 e. The summed E-state index contributed by atoms with van der Waals surface area (Å²) in [5.41, 5.74) is 1.20. The second kappa shape index (κ2) is 4.67. The number of hydrogen-bond acceptors (Lipinski definition) is 1. The lowest BCUT2D eigenvalue weighted by atomic mass is 10.0. The first-order valence-electron chi connectivity index (χ1n) is 5.33. The number of aryl methyl sites for hydroxylation is 1. The van der Waals surface area contributed by atoms with Crippen LogP contribution in [0.5, 0.6) is 0 Å². The third-order valence-electron chi connectivity index (χ3n) is 2.63. The summed E-state index contributed by atoms with van der Waals surface area (Å²) >= 11 is 5.92. The fraction of sp³-hybridized carbons (Fsp3) is 0.214. The van der Waals surface area contributed by atoms with Crippen LogP contribution < -0.4 is 0 Å². The van der Waals surface area contributed by atoms with Gasteiger partial charge in [-0.1, -0.05) is 35.9 Å². The van der Waals surface area contributed by atoms with E-state index in [2.05, 4.69) is 18.2 Å². The van der Waals surface area contributed by atoms with Crippen molar-refractivity contribution in [2.45, 2.75) is 19.8 Å². The van der Waals surface area contributed by atoms with Gasteiger partial charge < -0.3 is 4.79 Å². The van der Waals surface area contributed by atoms with Gasteiger partial charge in [-0.15, -0.1) is 0 Å². The summed E-state index contributed by atoms with van der Waals surface area (Å²) in [5, 5.41) is 3.06. The van der Waals surface area contributed by atoms with E-state index in [9.17, 15) is 4.79 Å². The molecule has 82 valence electrons. The van der Waals surface area contributed by atoms with Crippen LogP contribution in [0.25, 0.3) is 10.8 Å². The summed E-state index contributed by atoms with van der Waals surface area (Å²) < 4.78 is 0. The monoisotopic (exact) mass is 232 g/mol. The Bertz CT molecular complexity index is 531. The summed E-state index contributed by atoms with van der Waals surface area (Å²) in [6.07, 6.45) is 1.42. The highest BCUT2D eigenvalue weighted by molar-refractivity contribution is 6.31. The Morgan fingerprint density at radius 1 is 1.12 bits per heavy atom. The van der Waals surface area contributed by atoms with Crippen LogP contribution >= 0.6 is 11.6 Å². The van der Waals surface area contributed by atoms with E-state index in [1.807, 2.05) is 18.2 Å². The van der Waals surface area contributed by atoms with Crippen molar-refractivity contribution >= 4 is 28.2 Å². The minimum atomic E-state index is 0.233. The van der Waals surface area contributed by atoms with Gasteiger partial charge in [0.2, 0.25) is 0 Å². The molecule has 2 rings (SSSR count). The fourth-order valence-electron chi connectivity index (χ4n) is 1.74. The molecule has 0 aromatic heterocycles. The van der Waals surface area contributed by atoms with Gasteiger partial charge in [0.15, 0.2) is 0 Å². The first kappa shape index (κ1) is 11.2. The van der Waals surface area contributed by atoms with E-state index in [1.165, 1.54) is 10.9 Å². The summed E-state index contributed by atoms with van der Waals surface area (Å²) in [4.78, 5) is 10.9. The minimum Gasteiger partial charge on any atom is -0.300 e. The van der Waals surface area contributed by atoms with Crippen molar-refractivity contribution in [3.05, 3.63) is 47.0 Å². The second-order valence-corrected chi connectivity index (χ2v) is 4.46. The number of ketones is 1. The van der Waals surface area contributed by atoms with Crippen LogP contribution in [0, 0.1) is 0 Å². The Labute approximate surface area is 100 Å². The molecule has 0 heterocycles. The van der Waals surface area contributed by atoms with Crippen molar-refractivity contribution in [2.75, 3.05) is 0 Å². The summed E-state index contributed by atoms with van der Waals surface area (Å²) in [6.45, 7) is 1.63. The molecule has 0 aliphatic rings. The van der Waals surface area contributed by atoms with Crippen molar-refractivity contribution in [2.24, 2.45) is 0 Å². The molecule has 0 atom stereocenters. The molecule has 0 unspecified atom stereocenters. The number of halogens is 1. The highest BCUT2D eigenvalue weighted by atomic mass is 35.5. The van der Waals surface area contributed by atoms with Gasteiger partial charge >= 0.3 is 0 Å². The molecule has 0 saturated carbocycles. The molecule has 0 aliphatic carbocycles. The van der Waals surface area contributed by atoms with Gasteiger partial charge in [0.25, 0.3) is 0 Å². The maximum atomic E-state index is 10.9. The van der Waals surface area contributed by atoms with Crippen molar-refractivity contribution in [3.8, 4) is 0 Å². The first-order chi connectivity index (χ1) is 7.65. The molecule has 0 aliphatic heterocycles. The number of carbonyl (C=O) groups is 1. The maximum absolute atomic E-state index is 10.9. The highest BCUT2D eigenvalue weighted by Crippen LogP contribution is 2.21. The van der Waals surface area contributed by atoms with Crippen LogP contribution in [0.3, 0.4) is 0 Å². The highest BCUT2D eigenvalue weighted by Gasteiger charge is 1.99. The molecule has 0 fully saturated rings. The zero-order valence-electron chi connectivity index (χ0n) is 9.16. The first-order valence-corrected chi connectivity index (χ1v) is 5.70. The van der Waals surface area contributed by atoms with Gasteiger partial charge in [-0.3, -0.25) is 0 Å². The van der Waals surface area contributed by atoms with Gasteiger partial charge in [-0.25, -0.2) is 0 Å². The van der Waals surface area contributed by atoms with Crippen LogP contribution in [0.1, 0.15) is 18.9 Å². The standard InChI is InChI=1S/C14H13ClO/c1-10(16)2-3-11-4-5-13-9-14(15)7-6-12(13)8-11/h4-9H,2-3H2,1H3. The molecule has 2 aromatic carbocycles. The summed E-state index contributed by atoms with van der Waals surface area (Å²) in [5.74, 6) is 0.233. The number of carbonyl (C=O) groups excluding carboxylic acids is 1. The van der Waals surface area contributed by atoms with Crippen molar-refractivity contribution in [3.63, 3.8) is 0 Å². The Kier molecular flexibility index (Phi) is 3.25. The second-order valence-electron chi connectivity index (χ2n) is 4.03. The topological polar surface area (TPSA) is 17.1 Å². The minimum absolute atomic E-state index is 0.233. The van der Waals surface area contributed by atoms with Crippen LogP contribution in [-0.2, 0) is 11.2 Å². The van der Waals surface area contributed by atoms with Gasteiger partial charge in [0.1, 0.15) is 5.78 Å². The average Bonchev–Trinajstić information content (AvgIpc) is 2.26. The number of rotatable bonds is 3. The fourth-order valence-corrected chi connectivity index (χ4v) is 1.92. The van der Waals surface area contributed by atoms with Crippen LogP contribution in [0.15, 0.2) is 36.4 Å². The molecule has 0 bridgehead atoms. The number of Topliss-reactive ketones (excluding diaryl/α,β-unsaturated/α-hetero) is 1. The van der Waals surface area contributed by atoms with Crippen molar-refractivity contribution in [1.29, 1.82) is 0 Å². The molecule has 0 saturated heterocycles. The lowest BCUT2D eigenvalue weighted by Crippen LogP contribution is -1.93. The molecular weight excluding hydrogens is 220 g/mol. The summed E-state index contributed by atoms with van der Waals surface area (Å²) in [7, 11) is 0. The zero-order chi connectivity index (χ0) is 11.5. The number of fused-ring (bicyclic) bond motifs is 1. The lowest BCUT2D eigenvalue weighted by molar-refractivity contribution is -0.116. The Hall–Kier alpha value is -1.34. The Balaban J connectivity index is 2.30. The third kappa shape index (κ3) is 2.61.